The van der Waals surface area contributed by atoms with Gasteiger partial charge in [-0.05, 0) is 24.3 Å². The van der Waals surface area contributed by atoms with Crippen LogP contribution < -0.4 is 16.0 Å². The fourth-order valence-electron chi connectivity index (χ4n) is 2.16. The van der Waals surface area contributed by atoms with Gasteiger partial charge in [0.15, 0.2) is 0 Å². The van der Waals surface area contributed by atoms with Crippen molar-refractivity contribution in [3.63, 3.8) is 0 Å². The quantitative estimate of drug-likeness (QED) is 0.854. The summed E-state index contributed by atoms with van der Waals surface area (Å²) in [5, 5.41) is 2.86. The number of hydrogen-bond donors (Lipinski definition) is 2. The van der Waals surface area contributed by atoms with E-state index in [-0.39, 0.29) is 5.91 Å². The molecular formula is C14H14N4O. The van der Waals surface area contributed by atoms with Crippen molar-refractivity contribution in [2.24, 2.45) is 5.73 Å². The fraction of sp³-hybridized carbons (Fsp3) is 0.143. The van der Waals surface area contributed by atoms with Crippen LogP contribution >= 0.6 is 0 Å². The third-order valence-corrected chi connectivity index (χ3v) is 3.10. The summed E-state index contributed by atoms with van der Waals surface area (Å²) in [5.41, 5.74) is 9.05. The van der Waals surface area contributed by atoms with E-state index in [9.17, 15) is 4.79 Å². The summed E-state index contributed by atoms with van der Waals surface area (Å²) in [6.45, 7) is 0.706. The first-order valence-electron chi connectivity index (χ1n) is 6.09. The van der Waals surface area contributed by atoms with Gasteiger partial charge in [-0.25, -0.2) is 0 Å². The summed E-state index contributed by atoms with van der Waals surface area (Å²) in [6, 6.07) is 11.5. The van der Waals surface area contributed by atoms with Crippen LogP contribution in [0.15, 0.2) is 42.6 Å². The number of hydrogen-bond acceptors (Lipinski definition) is 4. The van der Waals surface area contributed by atoms with E-state index in [2.05, 4.69) is 10.3 Å². The van der Waals surface area contributed by atoms with Crippen LogP contribution in [0.4, 0.5) is 17.1 Å². The number of aromatic nitrogens is 1. The number of pyridine rings is 1. The van der Waals surface area contributed by atoms with Crippen LogP contribution in [0.2, 0.25) is 0 Å². The van der Waals surface area contributed by atoms with Crippen molar-refractivity contribution in [2.75, 3.05) is 16.8 Å². The van der Waals surface area contributed by atoms with Gasteiger partial charge in [0.25, 0.3) is 0 Å². The molecule has 3 rings (SSSR count). The summed E-state index contributed by atoms with van der Waals surface area (Å²) in [6.07, 6.45) is 1.75. The Hall–Kier alpha value is -2.40. The summed E-state index contributed by atoms with van der Waals surface area (Å²) in [7, 11) is 0. The third-order valence-electron chi connectivity index (χ3n) is 3.10. The lowest BCUT2D eigenvalue weighted by atomic mass is 10.1. The normalized spacial score (nSPS) is 13.9. The number of amides is 1. The molecule has 2 heterocycles. The molecule has 0 bridgehead atoms. The molecular weight excluding hydrogens is 240 g/mol. The van der Waals surface area contributed by atoms with Crippen molar-refractivity contribution >= 4 is 23.0 Å². The molecule has 1 amide bonds. The van der Waals surface area contributed by atoms with Gasteiger partial charge in [0, 0.05) is 6.54 Å². The summed E-state index contributed by atoms with van der Waals surface area (Å²) < 4.78 is 0. The monoisotopic (exact) mass is 254 g/mol. The summed E-state index contributed by atoms with van der Waals surface area (Å²) >= 11 is 0. The minimum atomic E-state index is -0.0263. The van der Waals surface area contributed by atoms with Crippen molar-refractivity contribution in [1.82, 2.24) is 4.98 Å². The zero-order valence-corrected chi connectivity index (χ0v) is 10.3. The van der Waals surface area contributed by atoms with Gasteiger partial charge in [-0.2, -0.15) is 0 Å². The third kappa shape index (κ3) is 2.15. The molecule has 0 unspecified atom stereocenters. The molecule has 2 aromatic rings. The molecule has 0 aliphatic carbocycles. The van der Waals surface area contributed by atoms with Crippen molar-refractivity contribution in [3.8, 4) is 0 Å². The number of benzene rings is 1. The molecule has 0 radical (unpaired) electrons. The highest BCUT2D eigenvalue weighted by Crippen LogP contribution is 2.34. The SMILES string of the molecule is NCc1ccc(N2CC(=O)Nc3ccccc32)cn1. The van der Waals surface area contributed by atoms with Crippen molar-refractivity contribution in [2.45, 2.75) is 6.54 Å². The second kappa shape index (κ2) is 4.70. The maximum absolute atomic E-state index is 11.7. The Bertz CT molecular complexity index is 609. The zero-order valence-electron chi connectivity index (χ0n) is 10.3. The standard InChI is InChI=1S/C14H14N4O/c15-7-10-5-6-11(8-16-10)18-9-14(19)17-12-3-1-2-4-13(12)18/h1-6,8H,7,9,15H2,(H,17,19). The average Bonchev–Trinajstić information content (AvgIpc) is 2.46. The molecule has 3 N–H and O–H groups in total. The number of carbonyl (C=O) groups excluding carboxylic acids is 1. The zero-order chi connectivity index (χ0) is 13.2. The first-order valence-corrected chi connectivity index (χ1v) is 6.09. The van der Waals surface area contributed by atoms with Gasteiger partial charge in [0.05, 0.1) is 29.0 Å². The number of para-hydroxylation sites is 2. The maximum atomic E-state index is 11.7. The molecule has 1 aliphatic heterocycles. The van der Waals surface area contributed by atoms with Gasteiger partial charge in [-0.15, -0.1) is 0 Å². The van der Waals surface area contributed by atoms with E-state index in [1.165, 1.54) is 0 Å². The lowest BCUT2D eigenvalue weighted by Gasteiger charge is -2.30. The number of rotatable bonds is 2. The number of nitrogens with two attached hydrogens (primary N) is 1. The highest BCUT2D eigenvalue weighted by atomic mass is 16.2. The predicted octanol–water partition coefficient (Wildman–Crippen LogP) is 1.63. The Morgan fingerprint density at radius 1 is 1.26 bits per heavy atom. The van der Waals surface area contributed by atoms with E-state index in [1.54, 1.807) is 6.20 Å². The molecule has 0 spiro atoms. The van der Waals surface area contributed by atoms with E-state index >= 15 is 0 Å². The Morgan fingerprint density at radius 2 is 2.11 bits per heavy atom. The molecule has 1 aliphatic rings. The second-order valence-corrected chi connectivity index (χ2v) is 4.36. The van der Waals surface area contributed by atoms with Crippen LogP contribution in [0.5, 0.6) is 0 Å². The molecule has 0 saturated heterocycles. The summed E-state index contributed by atoms with van der Waals surface area (Å²) in [4.78, 5) is 18.0. The topological polar surface area (TPSA) is 71.2 Å². The number of anilines is 3. The minimum absolute atomic E-state index is 0.0263. The minimum Gasteiger partial charge on any atom is -0.329 e. The van der Waals surface area contributed by atoms with Crippen LogP contribution in [0.3, 0.4) is 0 Å². The van der Waals surface area contributed by atoms with Gasteiger partial charge < -0.3 is 16.0 Å². The first kappa shape index (κ1) is 11.7. The Kier molecular flexibility index (Phi) is 2.89. The molecule has 0 fully saturated rings. The van der Waals surface area contributed by atoms with Crippen LogP contribution in [-0.4, -0.2) is 17.4 Å². The van der Waals surface area contributed by atoms with Crippen molar-refractivity contribution < 1.29 is 4.79 Å². The smallest absolute Gasteiger partial charge is 0.244 e. The molecule has 0 atom stereocenters. The molecule has 5 heteroatoms. The van der Waals surface area contributed by atoms with Crippen LogP contribution in [0, 0.1) is 0 Å². The fourth-order valence-corrected chi connectivity index (χ4v) is 2.16. The lowest BCUT2D eigenvalue weighted by molar-refractivity contribution is -0.115. The van der Waals surface area contributed by atoms with E-state index in [0.29, 0.717) is 13.1 Å². The van der Waals surface area contributed by atoms with E-state index in [0.717, 1.165) is 22.8 Å². The van der Waals surface area contributed by atoms with Crippen molar-refractivity contribution in [3.05, 3.63) is 48.3 Å². The molecule has 96 valence electrons. The van der Waals surface area contributed by atoms with E-state index in [4.69, 9.17) is 5.73 Å². The number of nitrogens with zero attached hydrogens (tertiary/aromatic N) is 2. The molecule has 1 aromatic carbocycles. The lowest BCUT2D eigenvalue weighted by Crippen LogP contribution is -2.35. The van der Waals surface area contributed by atoms with Gasteiger partial charge >= 0.3 is 0 Å². The Balaban J connectivity index is 2.02. The summed E-state index contributed by atoms with van der Waals surface area (Å²) in [5.74, 6) is -0.0263. The van der Waals surface area contributed by atoms with E-state index < -0.39 is 0 Å². The van der Waals surface area contributed by atoms with Crippen LogP contribution in [-0.2, 0) is 11.3 Å². The second-order valence-electron chi connectivity index (χ2n) is 4.36. The molecule has 0 saturated carbocycles. The van der Waals surface area contributed by atoms with E-state index in [1.807, 2.05) is 41.3 Å². The Morgan fingerprint density at radius 3 is 2.84 bits per heavy atom. The molecule has 1 aromatic heterocycles. The average molecular weight is 254 g/mol. The maximum Gasteiger partial charge on any atom is 0.244 e. The predicted molar refractivity (Wildman–Crippen MR) is 74.2 cm³/mol. The van der Waals surface area contributed by atoms with Gasteiger partial charge in [-0.1, -0.05) is 12.1 Å². The van der Waals surface area contributed by atoms with Crippen molar-refractivity contribution in [1.29, 1.82) is 0 Å². The largest absolute Gasteiger partial charge is 0.329 e. The van der Waals surface area contributed by atoms with Crippen LogP contribution in [0.1, 0.15) is 5.69 Å². The first-order chi connectivity index (χ1) is 9.28. The van der Waals surface area contributed by atoms with Gasteiger partial charge in [0.2, 0.25) is 5.91 Å². The number of fused-ring (bicyclic) bond motifs is 1. The number of nitrogens with one attached hydrogen (secondary N) is 1. The highest BCUT2D eigenvalue weighted by molar-refractivity contribution is 6.03. The van der Waals surface area contributed by atoms with Gasteiger partial charge in [-0.3, -0.25) is 9.78 Å². The molecule has 19 heavy (non-hydrogen) atoms. The number of carbonyl (C=O) groups is 1. The van der Waals surface area contributed by atoms with Gasteiger partial charge in [0.1, 0.15) is 6.54 Å². The molecule has 5 nitrogen and oxygen atoms in total. The Labute approximate surface area is 111 Å². The van der Waals surface area contributed by atoms with Crippen LogP contribution in [0.25, 0.3) is 0 Å². The highest BCUT2D eigenvalue weighted by Gasteiger charge is 2.22.